The van der Waals surface area contributed by atoms with Gasteiger partial charge in [-0.05, 0) is 0 Å². The summed E-state index contributed by atoms with van der Waals surface area (Å²) < 4.78 is 60.5. The summed E-state index contributed by atoms with van der Waals surface area (Å²) in [6.45, 7) is 1.98. The molecule has 0 bridgehead atoms. The van der Waals surface area contributed by atoms with Gasteiger partial charge in [0.2, 0.25) is 0 Å². The maximum atomic E-state index is 9.87. The third kappa shape index (κ3) is 14.6. The van der Waals surface area contributed by atoms with Crippen molar-refractivity contribution < 1.29 is 25.2 Å². The summed E-state index contributed by atoms with van der Waals surface area (Å²) in [5.74, 6) is 0. The van der Waals surface area contributed by atoms with E-state index < -0.39 is 7.81 Å². The molecule has 0 N–H and O–H groups in total. The van der Waals surface area contributed by atoms with Crippen LogP contribution in [0.25, 0.3) is 0 Å². The Labute approximate surface area is 134 Å². The van der Waals surface area contributed by atoms with Crippen LogP contribution in [0.3, 0.4) is 0 Å². The zero-order chi connectivity index (χ0) is 17.8. The van der Waals surface area contributed by atoms with Crippen LogP contribution in [-0.2, 0) is 13.1 Å². The van der Waals surface area contributed by atoms with E-state index in [1.807, 2.05) is 0 Å². The molecule has 0 aliphatic heterocycles. The van der Waals surface area contributed by atoms with Crippen molar-refractivity contribution in [2.45, 2.75) is 13.1 Å². The second-order valence-electron chi connectivity index (χ2n) is 5.34. The van der Waals surface area contributed by atoms with Crippen molar-refractivity contribution in [1.29, 1.82) is 0 Å². The second-order valence-corrected chi connectivity index (χ2v) is 8.11. The molecule has 1 rings (SSSR count). The fourth-order valence-corrected chi connectivity index (χ4v) is 2.12. The van der Waals surface area contributed by atoms with Crippen LogP contribution in [0.2, 0.25) is 0 Å². The predicted molar refractivity (Wildman–Crippen MR) is 80.2 cm³/mol. The third-order valence-electron chi connectivity index (χ3n) is 2.15. The van der Waals surface area contributed by atoms with Gasteiger partial charge in [0.05, 0.1) is 0 Å². The van der Waals surface area contributed by atoms with E-state index in [4.69, 9.17) is 0 Å². The predicted octanol–water partition coefficient (Wildman–Crippen LogP) is 3.99. The van der Waals surface area contributed by atoms with Gasteiger partial charge in [0, 0.05) is 0 Å². The quantitative estimate of drug-likeness (QED) is 0.417. The van der Waals surface area contributed by atoms with Gasteiger partial charge in [-0.15, -0.1) is 0 Å². The first-order valence-electron chi connectivity index (χ1n) is 6.09. The summed E-state index contributed by atoms with van der Waals surface area (Å²) in [6, 6.07) is 6.51. The van der Waals surface area contributed by atoms with E-state index in [0.717, 1.165) is 13.1 Å². The SMILES string of the molecule is CN(C)Cc1cccc(CN(C)C)c1[Se+].F[P-](F)(F)(F)(F)F. The Morgan fingerprint density at radius 3 is 1.32 bits per heavy atom. The van der Waals surface area contributed by atoms with Gasteiger partial charge in [-0.1, -0.05) is 0 Å². The molecule has 0 aromatic heterocycles. The van der Waals surface area contributed by atoms with E-state index in [1.54, 1.807) is 0 Å². The molecule has 2 nitrogen and oxygen atoms in total. The van der Waals surface area contributed by atoms with Gasteiger partial charge in [-0.25, -0.2) is 0 Å². The van der Waals surface area contributed by atoms with Crippen LogP contribution in [0.15, 0.2) is 18.2 Å². The van der Waals surface area contributed by atoms with E-state index in [-0.39, 0.29) is 0 Å². The van der Waals surface area contributed by atoms with E-state index in [0.29, 0.717) is 0 Å². The summed E-state index contributed by atoms with van der Waals surface area (Å²) in [7, 11) is -2.28. The van der Waals surface area contributed by atoms with E-state index >= 15 is 0 Å². The van der Waals surface area contributed by atoms with Crippen molar-refractivity contribution in [2.24, 2.45) is 0 Å². The second kappa shape index (κ2) is 6.65. The minimum atomic E-state index is -10.7. The van der Waals surface area contributed by atoms with Crippen molar-refractivity contribution >= 4 is 28.3 Å². The van der Waals surface area contributed by atoms with E-state index in [9.17, 15) is 25.2 Å². The number of halogens is 6. The monoisotopic (exact) mass is 416 g/mol. The van der Waals surface area contributed by atoms with Crippen molar-refractivity contribution in [1.82, 2.24) is 9.80 Å². The molecule has 0 aliphatic rings. The molecular weight excluding hydrogens is 396 g/mol. The molecule has 0 atom stereocenters. The molecule has 0 amide bonds. The van der Waals surface area contributed by atoms with Gasteiger partial charge in [0.25, 0.3) is 0 Å². The van der Waals surface area contributed by atoms with Crippen molar-refractivity contribution in [3.05, 3.63) is 29.3 Å². The average molecular weight is 415 g/mol. The normalized spacial score (nSPS) is 15.1. The van der Waals surface area contributed by atoms with Crippen LogP contribution < -0.4 is 4.46 Å². The van der Waals surface area contributed by atoms with Crippen LogP contribution in [0.5, 0.6) is 0 Å². The molecule has 0 fully saturated rings. The van der Waals surface area contributed by atoms with Gasteiger partial charge in [0.15, 0.2) is 0 Å². The molecular formula is C12H19F6N2PSe. The van der Waals surface area contributed by atoms with Gasteiger partial charge in [-0.3, -0.25) is 0 Å². The standard InChI is InChI=1S/C12H19N2Se.F6P/c1-13(2)8-10-6-5-7-11(12(10)15)9-14(3)4;1-7(2,3,4,5)6/h5-7H,8-9H2,1-4H3;/q+1;-1. The number of nitrogens with zero attached hydrogens (tertiary/aromatic N) is 2. The first kappa shape index (κ1) is 21.7. The molecule has 0 saturated carbocycles. The molecule has 130 valence electrons. The van der Waals surface area contributed by atoms with E-state index in [2.05, 4.69) is 72.2 Å². The number of hydrogen-bond acceptors (Lipinski definition) is 2. The summed E-state index contributed by atoms with van der Waals surface area (Å²) in [6.07, 6.45) is 0. The number of hydrogen-bond donors (Lipinski definition) is 0. The first-order valence-corrected chi connectivity index (χ1v) is 8.98. The molecule has 0 saturated heterocycles. The van der Waals surface area contributed by atoms with E-state index in [1.165, 1.54) is 15.6 Å². The number of rotatable bonds is 4. The minimum absolute atomic E-state index is 0.990. The molecule has 0 aliphatic carbocycles. The first-order chi connectivity index (χ1) is 9.45. The topological polar surface area (TPSA) is 6.48 Å². The van der Waals surface area contributed by atoms with Gasteiger partial charge >= 0.3 is 134 Å². The van der Waals surface area contributed by atoms with Gasteiger partial charge in [0.1, 0.15) is 0 Å². The summed E-state index contributed by atoms with van der Waals surface area (Å²) in [4.78, 5) is 4.38. The van der Waals surface area contributed by atoms with Crippen molar-refractivity contribution in [3.8, 4) is 0 Å². The summed E-state index contributed by atoms with van der Waals surface area (Å²) in [5.41, 5.74) is 2.75. The fraction of sp³-hybridized carbons (Fsp3) is 0.500. The molecule has 0 spiro atoms. The van der Waals surface area contributed by atoms with Crippen LogP contribution in [0.4, 0.5) is 25.2 Å². The van der Waals surface area contributed by atoms with Crippen LogP contribution >= 0.6 is 7.81 Å². The van der Waals surface area contributed by atoms with Crippen LogP contribution in [0.1, 0.15) is 11.1 Å². The molecule has 22 heavy (non-hydrogen) atoms. The molecule has 10 heteroatoms. The molecule has 1 aromatic carbocycles. The zero-order valence-corrected chi connectivity index (χ0v) is 15.3. The Bertz CT molecular complexity index is 461. The molecule has 2 radical (unpaired) electrons. The zero-order valence-electron chi connectivity index (χ0n) is 12.7. The Hall–Kier alpha value is -0.331. The van der Waals surface area contributed by atoms with Crippen LogP contribution in [-0.4, -0.2) is 54.0 Å². The Kier molecular flexibility index (Phi) is 6.55. The van der Waals surface area contributed by atoms with Crippen molar-refractivity contribution in [3.63, 3.8) is 0 Å². The molecule has 0 heterocycles. The fourth-order valence-electron chi connectivity index (χ4n) is 1.57. The molecule has 1 aromatic rings. The maximum absolute atomic E-state index is 10.7. The Morgan fingerprint density at radius 2 is 1.09 bits per heavy atom. The van der Waals surface area contributed by atoms with Crippen molar-refractivity contribution in [2.75, 3.05) is 28.2 Å². The van der Waals surface area contributed by atoms with Crippen LogP contribution in [0, 0.1) is 0 Å². The van der Waals surface area contributed by atoms with Gasteiger partial charge < -0.3 is 0 Å². The summed E-state index contributed by atoms with van der Waals surface area (Å²) >= 11 is 3.20. The Balaban J connectivity index is 0.000000534. The third-order valence-corrected chi connectivity index (χ3v) is 3.25. The Morgan fingerprint density at radius 1 is 0.818 bits per heavy atom. The molecule has 0 unspecified atom stereocenters. The number of benzene rings is 1. The summed E-state index contributed by atoms with van der Waals surface area (Å²) in [5, 5.41) is 0. The van der Waals surface area contributed by atoms with Gasteiger partial charge in [-0.2, -0.15) is 0 Å². The average Bonchev–Trinajstić information content (AvgIpc) is 2.18.